The first-order valence-electron chi connectivity index (χ1n) is 11.4. The molecule has 0 spiro atoms. The van der Waals surface area contributed by atoms with E-state index < -0.39 is 0 Å². The van der Waals surface area contributed by atoms with Crippen molar-refractivity contribution in [1.29, 1.82) is 0 Å². The normalized spacial score (nSPS) is 13.8. The smallest absolute Gasteiger partial charge is 0.220 e. The van der Waals surface area contributed by atoms with E-state index in [2.05, 4.69) is 24.4 Å². The zero-order chi connectivity index (χ0) is 20.2. The lowest BCUT2D eigenvalue weighted by atomic mass is 10.0. The summed E-state index contributed by atoms with van der Waals surface area (Å²) in [6, 6.07) is -0.259. The molecule has 4 heteroatoms. The Labute approximate surface area is 168 Å². The van der Waals surface area contributed by atoms with Crippen LogP contribution in [0.1, 0.15) is 104 Å². The number of amides is 1. The Kier molecular flexibility index (Phi) is 19.2. The van der Waals surface area contributed by atoms with Crippen molar-refractivity contribution in [3.63, 3.8) is 0 Å². The molecule has 0 saturated carbocycles. The lowest BCUT2D eigenvalue weighted by molar-refractivity contribution is -0.121. The second-order valence-corrected chi connectivity index (χ2v) is 7.96. The van der Waals surface area contributed by atoms with Gasteiger partial charge >= 0.3 is 0 Å². The van der Waals surface area contributed by atoms with Crippen molar-refractivity contribution in [2.75, 3.05) is 13.2 Å². The third kappa shape index (κ3) is 18.3. The number of nitrogens with two attached hydrogens (primary N) is 1. The topological polar surface area (TPSA) is 75.4 Å². The fraction of sp³-hybridized carbons (Fsp3) is 0.870. The Balaban J connectivity index is 3.32. The average molecular weight is 383 g/mol. The molecule has 0 aromatic heterocycles. The summed E-state index contributed by atoms with van der Waals surface area (Å²) in [5.74, 6) is 0.206. The predicted molar refractivity (Wildman–Crippen MR) is 117 cm³/mol. The van der Waals surface area contributed by atoms with Gasteiger partial charge in [-0.3, -0.25) is 4.79 Å². The lowest BCUT2D eigenvalue weighted by Crippen LogP contribution is -2.39. The second-order valence-electron chi connectivity index (χ2n) is 7.96. The highest BCUT2D eigenvalue weighted by atomic mass is 16.3. The van der Waals surface area contributed by atoms with Gasteiger partial charge in [0.05, 0.1) is 6.61 Å². The minimum atomic E-state index is -0.259. The minimum absolute atomic E-state index is 0.0364. The Hall–Kier alpha value is -0.870. The van der Waals surface area contributed by atoms with Crippen LogP contribution in [0.3, 0.4) is 0 Å². The summed E-state index contributed by atoms with van der Waals surface area (Å²) in [5.41, 5.74) is 5.73. The van der Waals surface area contributed by atoms with E-state index in [9.17, 15) is 4.79 Å². The summed E-state index contributed by atoms with van der Waals surface area (Å²) in [4.78, 5) is 11.8. The Morgan fingerprint density at radius 3 is 2.00 bits per heavy atom. The molecule has 0 aromatic carbocycles. The molecule has 0 aromatic rings. The van der Waals surface area contributed by atoms with Crippen LogP contribution in [0.25, 0.3) is 0 Å². The molecule has 160 valence electrons. The molecule has 0 fully saturated rings. The first-order valence-corrected chi connectivity index (χ1v) is 11.4. The highest BCUT2D eigenvalue weighted by Crippen LogP contribution is 2.10. The zero-order valence-corrected chi connectivity index (χ0v) is 18.1. The van der Waals surface area contributed by atoms with E-state index >= 15 is 0 Å². The van der Waals surface area contributed by atoms with E-state index in [-0.39, 0.29) is 24.5 Å². The SMILES string of the molecule is CCCCCCCC/C=C/CCCCCCCC(=O)NCC(C)[C@@H](N)CO. The molecule has 0 aliphatic heterocycles. The van der Waals surface area contributed by atoms with Gasteiger partial charge in [0.25, 0.3) is 0 Å². The molecule has 0 saturated heterocycles. The summed E-state index contributed by atoms with van der Waals surface area (Å²) >= 11 is 0. The van der Waals surface area contributed by atoms with Crippen molar-refractivity contribution in [2.45, 2.75) is 110 Å². The van der Waals surface area contributed by atoms with Crippen molar-refractivity contribution >= 4 is 5.91 Å². The summed E-state index contributed by atoms with van der Waals surface area (Å²) in [7, 11) is 0. The number of hydrogen-bond donors (Lipinski definition) is 3. The Morgan fingerprint density at radius 1 is 0.926 bits per heavy atom. The maximum absolute atomic E-state index is 11.8. The Bertz CT molecular complexity index is 358. The highest BCUT2D eigenvalue weighted by Gasteiger charge is 2.12. The van der Waals surface area contributed by atoms with Crippen LogP contribution >= 0.6 is 0 Å². The van der Waals surface area contributed by atoms with Gasteiger partial charge in [0, 0.05) is 19.0 Å². The molecule has 0 rings (SSSR count). The highest BCUT2D eigenvalue weighted by molar-refractivity contribution is 5.75. The van der Waals surface area contributed by atoms with Crippen LogP contribution in [0.15, 0.2) is 12.2 Å². The molecule has 27 heavy (non-hydrogen) atoms. The predicted octanol–water partition coefficient (Wildman–Crippen LogP) is 5.10. The molecule has 4 N–H and O–H groups in total. The second kappa shape index (κ2) is 19.9. The third-order valence-electron chi connectivity index (χ3n) is 5.23. The van der Waals surface area contributed by atoms with Crippen LogP contribution in [0, 0.1) is 5.92 Å². The number of rotatable bonds is 19. The van der Waals surface area contributed by atoms with Crippen LogP contribution < -0.4 is 11.1 Å². The number of hydrogen-bond acceptors (Lipinski definition) is 3. The van der Waals surface area contributed by atoms with Crippen LogP contribution in [0.2, 0.25) is 0 Å². The molecule has 2 atom stereocenters. The number of unbranched alkanes of at least 4 members (excludes halogenated alkanes) is 11. The van der Waals surface area contributed by atoms with Crippen molar-refractivity contribution in [1.82, 2.24) is 5.32 Å². The first kappa shape index (κ1) is 26.1. The molecule has 4 nitrogen and oxygen atoms in total. The standard InChI is InChI=1S/C23H46N2O2/c1-3-4-5-6-7-8-9-10-11-12-13-14-15-16-17-18-23(27)25-19-21(2)22(24)20-26/h10-11,21-22,26H,3-9,12-20,24H2,1-2H3,(H,25,27)/b11-10+/t21?,22-/m0/s1. The van der Waals surface area contributed by atoms with Crippen LogP contribution in [-0.4, -0.2) is 30.2 Å². The zero-order valence-electron chi connectivity index (χ0n) is 18.1. The van der Waals surface area contributed by atoms with Crippen molar-refractivity contribution in [3.8, 4) is 0 Å². The van der Waals surface area contributed by atoms with E-state index in [4.69, 9.17) is 10.8 Å². The summed E-state index contributed by atoms with van der Waals surface area (Å²) in [6.45, 7) is 4.72. The molecule has 0 heterocycles. The van der Waals surface area contributed by atoms with Crippen LogP contribution in [-0.2, 0) is 4.79 Å². The maximum atomic E-state index is 11.8. The fourth-order valence-electron chi connectivity index (χ4n) is 3.05. The van der Waals surface area contributed by atoms with Crippen LogP contribution in [0.5, 0.6) is 0 Å². The van der Waals surface area contributed by atoms with E-state index in [0.717, 1.165) is 12.8 Å². The summed E-state index contributed by atoms with van der Waals surface area (Å²) in [6.07, 6.45) is 21.8. The maximum Gasteiger partial charge on any atom is 0.220 e. The Morgan fingerprint density at radius 2 is 1.44 bits per heavy atom. The number of aliphatic hydroxyl groups is 1. The van der Waals surface area contributed by atoms with Gasteiger partial charge in [-0.05, 0) is 38.0 Å². The molecule has 1 amide bonds. The summed E-state index contributed by atoms with van der Waals surface area (Å²) in [5, 5.41) is 11.9. The number of aliphatic hydroxyl groups excluding tert-OH is 1. The fourth-order valence-corrected chi connectivity index (χ4v) is 3.05. The van der Waals surface area contributed by atoms with Gasteiger partial charge in [-0.2, -0.15) is 0 Å². The monoisotopic (exact) mass is 382 g/mol. The van der Waals surface area contributed by atoms with Gasteiger partial charge in [-0.1, -0.05) is 77.4 Å². The van der Waals surface area contributed by atoms with Gasteiger partial charge in [-0.25, -0.2) is 0 Å². The van der Waals surface area contributed by atoms with E-state index in [0.29, 0.717) is 13.0 Å². The number of allylic oxidation sites excluding steroid dienone is 2. The van der Waals surface area contributed by atoms with E-state index in [1.807, 2.05) is 6.92 Å². The van der Waals surface area contributed by atoms with Crippen molar-refractivity contribution in [3.05, 3.63) is 12.2 Å². The van der Waals surface area contributed by atoms with Crippen molar-refractivity contribution in [2.24, 2.45) is 11.7 Å². The first-order chi connectivity index (χ1) is 13.1. The molecular formula is C23H46N2O2. The molecule has 0 aliphatic rings. The molecule has 1 unspecified atom stereocenters. The summed E-state index contributed by atoms with van der Waals surface area (Å²) < 4.78 is 0. The third-order valence-corrected chi connectivity index (χ3v) is 5.23. The van der Waals surface area contributed by atoms with Gasteiger partial charge < -0.3 is 16.2 Å². The van der Waals surface area contributed by atoms with Crippen LogP contribution in [0.4, 0.5) is 0 Å². The van der Waals surface area contributed by atoms with E-state index in [1.165, 1.54) is 70.6 Å². The van der Waals surface area contributed by atoms with Gasteiger partial charge in [0.15, 0.2) is 0 Å². The number of nitrogens with one attached hydrogen (secondary N) is 1. The van der Waals surface area contributed by atoms with Crippen molar-refractivity contribution < 1.29 is 9.90 Å². The lowest BCUT2D eigenvalue weighted by Gasteiger charge is -2.17. The molecule has 0 aliphatic carbocycles. The number of carbonyl (C=O) groups is 1. The quantitative estimate of drug-likeness (QED) is 0.215. The van der Waals surface area contributed by atoms with Gasteiger partial charge in [-0.15, -0.1) is 0 Å². The number of carbonyl (C=O) groups excluding carboxylic acids is 1. The van der Waals surface area contributed by atoms with Gasteiger partial charge in [0.2, 0.25) is 5.91 Å². The largest absolute Gasteiger partial charge is 0.395 e. The minimum Gasteiger partial charge on any atom is -0.395 e. The van der Waals surface area contributed by atoms with Gasteiger partial charge in [0.1, 0.15) is 0 Å². The molecule has 0 bridgehead atoms. The molecule has 0 radical (unpaired) electrons. The molecular weight excluding hydrogens is 336 g/mol. The van der Waals surface area contributed by atoms with E-state index in [1.54, 1.807) is 0 Å². The average Bonchev–Trinajstić information content (AvgIpc) is 2.68.